The fourth-order valence-electron chi connectivity index (χ4n) is 1.37. The molecule has 0 fully saturated rings. The Bertz CT molecular complexity index is 366. The minimum Gasteiger partial charge on any atom is -0.481 e. The summed E-state index contributed by atoms with van der Waals surface area (Å²) >= 11 is 0. The topological polar surface area (TPSA) is 63.3 Å². The summed E-state index contributed by atoms with van der Waals surface area (Å²) in [4.78, 5) is 10.4. The van der Waals surface area contributed by atoms with Crippen LogP contribution in [0.4, 0.5) is 5.69 Å². The number of allylic oxidation sites excluding steroid dienone is 1. The highest BCUT2D eigenvalue weighted by molar-refractivity contribution is 5.74. The van der Waals surface area contributed by atoms with Gasteiger partial charge in [0.05, 0.1) is 6.42 Å². The quantitative estimate of drug-likeness (QED) is 0.742. The van der Waals surface area contributed by atoms with Crippen molar-refractivity contribution in [1.82, 2.24) is 0 Å². The van der Waals surface area contributed by atoms with Crippen LogP contribution in [-0.2, 0) is 4.79 Å². The lowest BCUT2D eigenvalue weighted by Crippen LogP contribution is -1.92. The number of carboxylic acid groups (broad SMARTS) is 1. The van der Waals surface area contributed by atoms with E-state index in [4.69, 9.17) is 10.8 Å². The number of nitrogens with two attached hydrogens (primary N) is 1. The summed E-state index contributed by atoms with van der Waals surface area (Å²) in [5.41, 5.74) is 8.37. The predicted molar refractivity (Wildman–Crippen MR) is 61.4 cm³/mol. The van der Waals surface area contributed by atoms with E-state index in [-0.39, 0.29) is 6.42 Å². The molecule has 0 radical (unpaired) electrons. The number of hydrogen-bond donors (Lipinski definition) is 2. The van der Waals surface area contributed by atoms with Crippen LogP contribution in [-0.4, -0.2) is 11.1 Å². The number of benzene rings is 1. The van der Waals surface area contributed by atoms with Gasteiger partial charge in [-0.05, 0) is 29.7 Å². The number of carboxylic acids is 1. The van der Waals surface area contributed by atoms with E-state index in [0.717, 1.165) is 17.6 Å². The molecule has 0 bridgehead atoms. The van der Waals surface area contributed by atoms with Gasteiger partial charge in [0.2, 0.25) is 0 Å². The average molecular weight is 205 g/mol. The van der Waals surface area contributed by atoms with E-state index in [1.54, 1.807) is 6.08 Å². The lowest BCUT2D eigenvalue weighted by molar-refractivity contribution is -0.135. The third kappa shape index (κ3) is 3.46. The highest BCUT2D eigenvalue weighted by atomic mass is 16.4. The first-order chi connectivity index (χ1) is 7.13. The third-order valence-corrected chi connectivity index (χ3v) is 2.19. The maximum Gasteiger partial charge on any atom is 0.307 e. The standard InChI is InChI=1S/C12H15NO2/c1-2-9(5-8-12(14)15)10-3-6-11(13)7-4-10/h3-7H,2,8,13H2,1H3,(H,14,15)/b9-5+. The Morgan fingerprint density at radius 3 is 2.47 bits per heavy atom. The summed E-state index contributed by atoms with van der Waals surface area (Å²) in [6.07, 6.45) is 2.62. The predicted octanol–water partition coefficient (Wildman–Crippen LogP) is 2.54. The Kier molecular flexibility index (Phi) is 3.92. The number of aliphatic carboxylic acids is 1. The highest BCUT2D eigenvalue weighted by Crippen LogP contribution is 2.19. The molecule has 0 heterocycles. The lowest BCUT2D eigenvalue weighted by Gasteiger charge is -2.04. The van der Waals surface area contributed by atoms with Crippen molar-refractivity contribution in [3.05, 3.63) is 35.9 Å². The minimum atomic E-state index is -0.809. The second kappa shape index (κ2) is 5.20. The molecule has 3 heteroatoms. The van der Waals surface area contributed by atoms with E-state index in [1.807, 2.05) is 31.2 Å². The molecule has 0 atom stereocenters. The minimum absolute atomic E-state index is 0.0630. The van der Waals surface area contributed by atoms with Crippen LogP contribution in [0.2, 0.25) is 0 Å². The van der Waals surface area contributed by atoms with Crippen molar-refractivity contribution in [3.63, 3.8) is 0 Å². The molecule has 0 aliphatic carbocycles. The zero-order valence-corrected chi connectivity index (χ0v) is 8.73. The lowest BCUT2D eigenvalue weighted by atomic mass is 10.0. The van der Waals surface area contributed by atoms with E-state index in [0.29, 0.717) is 5.69 Å². The molecule has 1 aromatic rings. The van der Waals surface area contributed by atoms with Crippen LogP contribution in [0.25, 0.3) is 5.57 Å². The summed E-state index contributed by atoms with van der Waals surface area (Å²) in [5.74, 6) is -0.809. The van der Waals surface area contributed by atoms with Crippen molar-refractivity contribution in [2.75, 3.05) is 5.73 Å². The molecule has 0 aromatic heterocycles. The zero-order chi connectivity index (χ0) is 11.3. The van der Waals surface area contributed by atoms with E-state index in [1.165, 1.54) is 0 Å². The van der Waals surface area contributed by atoms with Gasteiger partial charge >= 0.3 is 5.97 Å². The first-order valence-corrected chi connectivity index (χ1v) is 4.90. The Morgan fingerprint density at radius 2 is 2.00 bits per heavy atom. The molecule has 3 nitrogen and oxygen atoms in total. The van der Waals surface area contributed by atoms with Gasteiger partial charge in [0, 0.05) is 5.69 Å². The number of hydrogen-bond acceptors (Lipinski definition) is 2. The van der Waals surface area contributed by atoms with Crippen LogP contribution in [0.1, 0.15) is 25.3 Å². The van der Waals surface area contributed by atoms with Crippen LogP contribution in [0.3, 0.4) is 0 Å². The first kappa shape index (κ1) is 11.3. The van der Waals surface area contributed by atoms with E-state index >= 15 is 0 Å². The molecule has 0 spiro atoms. The molecule has 15 heavy (non-hydrogen) atoms. The van der Waals surface area contributed by atoms with Crippen LogP contribution < -0.4 is 5.73 Å². The number of nitrogen functional groups attached to an aromatic ring is 1. The molecule has 0 saturated heterocycles. The highest BCUT2D eigenvalue weighted by Gasteiger charge is 2.00. The fraction of sp³-hybridized carbons (Fsp3) is 0.250. The van der Waals surface area contributed by atoms with Gasteiger partial charge in [-0.2, -0.15) is 0 Å². The van der Waals surface area contributed by atoms with Gasteiger partial charge in [-0.1, -0.05) is 25.1 Å². The van der Waals surface area contributed by atoms with Crippen molar-refractivity contribution < 1.29 is 9.90 Å². The summed E-state index contributed by atoms with van der Waals surface area (Å²) in [6, 6.07) is 7.46. The second-order valence-electron chi connectivity index (χ2n) is 3.30. The molecule has 0 unspecified atom stereocenters. The molecule has 0 aliphatic heterocycles. The van der Waals surface area contributed by atoms with Crippen molar-refractivity contribution in [2.24, 2.45) is 0 Å². The molecule has 1 rings (SSSR count). The van der Waals surface area contributed by atoms with Gasteiger partial charge < -0.3 is 10.8 Å². The molecule has 1 aromatic carbocycles. The van der Waals surface area contributed by atoms with Crippen LogP contribution in [0.5, 0.6) is 0 Å². The van der Waals surface area contributed by atoms with Gasteiger partial charge in [0.15, 0.2) is 0 Å². The second-order valence-corrected chi connectivity index (χ2v) is 3.30. The van der Waals surface area contributed by atoms with Gasteiger partial charge in [-0.3, -0.25) is 4.79 Å². The number of rotatable bonds is 4. The smallest absolute Gasteiger partial charge is 0.307 e. The molecule has 0 aliphatic rings. The number of anilines is 1. The molecule has 0 amide bonds. The molecular weight excluding hydrogens is 190 g/mol. The van der Waals surface area contributed by atoms with Crippen LogP contribution in [0.15, 0.2) is 30.3 Å². The van der Waals surface area contributed by atoms with Crippen LogP contribution in [0, 0.1) is 0 Å². The molecular formula is C12H15NO2. The van der Waals surface area contributed by atoms with E-state index in [9.17, 15) is 4.79 Å². The largest absolute Gasteiger partial charge is 0.481 e. The average Bonchev–Trinajstić information content (AvgIpc) is 2.21. The normalized spacial score (nSPS) is 11.4. The third-order valence-electron chi connectivity index (χ3n) is 2.19. The zero-order valence-electron chi connectivity index (χ0n) is 8.73. The maximum atomic E-state index is 10.4. The Hall–Kier alpha value is -1.77. The molecule has 0 saturated carbocycles. The SMILES string of the molecule is CC/C(=C\CC(=O)O)c1ccc(N)cc1. The van der Waals surface area contributed by atoms with Gasteiger partial charge in [-0.15, -0.1) is 0 Å². The van der Waals surface area contributed by atoms with Gasteiger partial charge in [0.1, 0.15) is 0 Å². The summed E-state index contributed by atoms with van der Waals surface area (Å²) in [7, 11) is 0. The van der Waals surface area contributed by atoms with Crippen molar-refractivity contribution in [3.8, 4) is 0 Å². The molecule has 3 N–H and O–H groups in total. The van der Waals surface area contributed by atoms with Crippen LogP contribution >= 0.6 is 0 Å². The number of carbonyl (C=O) groups is 1. The van der Waals surface area contributed by atoms with E-state index in [2.05, 4.69) is 0 Å². The van der Waals surface area contributed by atoms with E-state index < -0.39 is 5.97 Å². The molecule has 80 valence electrons. The summed E-state index contributed by atoms with van der Waals surface area (Å²) in [6.45, 7) is 2.00. The Morgan fingerprint density at radius 1 is 1.40 bits per heavy atom. The van der Waals surface area contributed by atoms with Crippen molar-refractivity contribution in [1.29, 1.82) is 0 Å². The fourth-order valence-corrected chi connectivity index (χ4v) is 1.37. The first-order valence-electron chi connectivity index (χ1n) is 4.90. The van der Waals surface area contributed by atoms with Gasteiger partial charge in [-0.25, -0.2) is 0 Å². The summed E-state index contributed by atoms with van der Waals surface area (Å²) in [5, 5.41) is 8.58. The monoisotopic (exact) mass is 205 g/mol. The maximum absolute atomic E-state index is 10.4. The Balaban J connectivity index is 2.87. The van der Waals surface area contributed by atoms with Crippen molar-refractivity contribution >= 4 is 17.2 Å². The van der Waals surface area contributed by atoms with Gasteiger partial charge in [0.25, 0.3) is 0 Å². The van der Waals surface area contributed by atoms with Crippen molar-refractivity contribution in [2.45, 2.75) is 19.8 Å². The summed E-state index contributed by atoms with van der Waals surface area (Å²) < 4.78 is 0. The Labute approximate surface area is 89.2 Å².